The fraction of sp³-hybridized carbons (Fsp3) is 0.300. The predicted molar refractivity (Wildman–Crippen MR) is 51.7 cm³/mol. The lowest BCUT2D eigenvalue weighted by Gasteiger charge is -2.08. The van der Waals surface area contributed by atoms with Crippen molar-refractivity contribution in [1.82, 2.24) is 4.98 Å². The van der Waals surface area contributed by atoms with Gasteiger partial charge in [0.15, 0.2) is 6.61 Å². The highest BCUT2D eigenvalue weighted by molar-refractivity contribution is 5.36. The van der Waals surface area contributed by atoms with Gasteiger partial charge in [0.25, 0.3) is 0 Å². The van der Waals surface area contributed by atoms with E-state index >= 15 is 0 Å². The number of alkyl halides is 3. The van der Waals surface area contributed by atoms with Crippen LogP contribution in [0.3, 0.4) is 0 Å². The molecule has 0 aliphatic heterocycles. The van der Waals surface area contributed by atoms with E-state index in [0.717, 1.165) is 0 Å². The van der Waals surface area contributed by atoms with Crippen molar-refractivity contribution in [2.75, 3.05) is 13.2 Å². The average molecular weight is 230 g/mol. The van der Waals surface area contributed by atoms with Gasteiger partial charge in [-0.15, -0.1) is 0 Å². The monoisotopic (exact) mass is 230 g/mol. The number of aromatic nitrogens is 1. The number of rotatable bonds is 2. The minimum absolute atomic E-state index is 0.0288. The standard InChI is InChI=1S/C10H9F3N2O/c11-10(12,13)7-16-9-4-8(2-1-3-14)5-15-6-9/h4-6H,3,7,14H2. The van der Waals surface area contributed by atoms with E-state index in [4.69, 9.17) is 5.73 Å². The summed E-state index contributed by atoms with van der Waals surface area (Å²) in [6, 6.07) is 1.38. The Kier molecular flexibility index (Phi) is 4.14. The van der Waals surface area contributed by atoms with Crippen molar-refractivity contribution in [3.8, 4) is 17.6 Å². The average Bonchev–Trinajstić information content (AvgIpc) is 2.23. The van der Waals surface area contributed by atoms with E-state index in [2.05, 4.69) is 21.6 Å². The van der Waals surface area contributed by atoms with Crippen LogP contribution in [0.2, 0.25) is 0 Å². The van der Waals surface area contributed by atoms with E-state index in [0.29, 0.717) is 5.56 Å². The smallest absolute Gasteiger partial charge is 0.422 e. The summed E-state index contributed by atoms with van der Waals surface area (Å²) in [4.78, 5) is 3.70. The molecule has 0 aliphatic rings. The minimum atomic E-state index is -4.36. The van der Waals surface area contributed by atoms with Crippen molar-refractivity contribution in [2.24, 2.45) is 5.73 Å². The van der Waals surface area contributed by atoms with Gasteiger partial charge in [0, 0.05) is 11.8 Å². The van der Waals surface area contributed by atoms with Crippen molar-refractivity contribution in [3.63, 3.8) is 0 Å². The van der Waals surface area contributed by atoms with Crippen molar-refractivity contribution in [1.29, 1.82) is 0 Å². The molecule has 0 aliphatic carbocycles. The van der Waals surface area contributed by atoms with Gasteiger partial charge in [0.2, 0.25) is 0 Å². The topological polar surface area (TPSA) is 48.1 Å². The molecule has 86 valence electrons. The molecule has 1 heterocycles. The molecule has 16 heavy (non-hydrogen) atoms. The lowest BCUT2D eigenvalue weighted by Crippen LogP contribution is -2.19. The molecule has 6 heteroatoms. The van der Waals surface area contributed by atoms with Gasteiger partial charge in [-0.05, 0) is 6.07 Å². The molecule has 0 unspecified atom stereocenters. The molecule has 1 aromatic rings. The van der Waals surface area contributed by atoms with Gasteiger partial charge >= 0.3 is 6.18 Å². The molecule has 3 nitrogen and oxygen atoms in total. The molecule has 0 spiro atoms. The molecule has 0 saturated heterocycles. The van der Waals surface area contributed by atoms with Crippen LogP contribution >= 0.6 is 0 Å². The van der Waals surface area contributed by atoms with Crippen LogP contribution in [0.25, 0.3) is 0 Å². The summed E-state index contributed by atoms with van der Waals surface area (Å²) in [5.74, 6) is 5.24. The Bertz CT molecular complexity index is 407. The zero-order chi connectivity index (χ0) is 12.0. The summed E-state index contributed by atoms with van der Waals surface area (Å²) in [6.45, 7) is -1.17. The number of halogens is 3. The van der Waals surface area contributed by atoms with Crippen LogP contribution in [0, 0.1) is 11.8 Å². The first-order valence-electron chi connectivity index (χ1n) is 4.35. The molecular formula is C10H9F3N2O. The molecule has 0 aromatic carbocycles. The molecule has 2 N–H and O–H groups in total. The summed E-state index contributed by atoms with van der Waals surface area (Å²) < 4.78 is 40.1. The summed E-state index contributed by atoms with van der Waals surface area (Å²) in [5, 5.41) is 0. The summed E-state index contributed by atoms with van der Waals surface area (Å²) in [5.41, 5.74) is 5.62. The molecule has 0 atom stereocenters. The Morgan fingerprint density at radius 1 is 1.38 bits per heavy atom. The van der Waals surface area contributed by atoms with Gasteiger partial charge in [-0.3, -0.25) is 4.98 Å². The second-order valence-corrected chi connectivity index (χ2v) is 2.82. The van der Waals surface area contributed by atoms with Crippen LogP contribution in [-0.4, -0.2) is 24.3 Å². The van der Waals surface area contributed by atoms with E-state index in [9.17, 15) is 13.2 Å². The Balaban J connectivity index is 2.68. The SMILES string of the molecule is NCC#Cc1cncc(OCC(F)(F)F)c1. The number of nitrogens with zero attached hydrogens (tertiary/aromatic N) is 1. The number of hydrogen-bond acceptors (Lipinski definition) is 3. The van der Waals surface area contributed by atoms with E-state index in [1.165, 1.54) is 18.5 Å². The molecule has 1 rings (SSSR count). The first-order chi connectivity index (χ1) is 7.51. The van der Waals surface area contributed by atoms with E-state index in [-0.39, 0.29) is 12.3 Å². The Hall–Kier alpha value is -1.74. The normalized spacial score (nSPS) is 10.5. The fourth-order valence-electron chi connectivity index (χ4n) is 0.884. The van der Waals surface area contributed by atoms with Crippen molar-refractivity contribution in [2.45, 2.75) is 6.18 Å². The molecule has 0 fully saturated rings. The zero-order valence-corrected chi connectivity index (χ0v) is 8.21. The number of pyridine rings is 1. The number of ether oxygens (including phenoxy) is 1. The zero-order valence-electron chi connectivity index (χ0n) is 8.21. The molecule has 1 aromatic heterocycles. The Labute approximate surface area is 90.4 Å². The first kappa shape index (κ1) is 12.3. The van der Waals surface area contributed by atoms with Crippen molar-refractivity contribution < 1.29 is 17.9 Å². The Morgan fingerprint density at radius 2 is 2.12 bits per heavy atom. The Morgan fingerprint density at radius 3 is 2.75 bits per heavy atom. The maximum atomic E-state index is 11.9. The number of hydrogen-bond donors (Lipinski definition) is 1. The van der Waals surface area contributed by atoms with E-state index in [1.807, 2.05) is 0 Å². The van der Waals surface area contributed by atoms with Gasteiger partial charge in [0.1, 0.15) is 5.75 Å². The highest BCUT2D eigenvalue weighted by Gasteiger charge is 2.28. The maximum absolute atomic E-state index is 11.9. The van der Waals surface area contributed by atoms with Crippen molar-refractivity contribution >= 4 is 0 Å². The molecule has 0 saturated carbocycles. The van der Waals surface area contributed by atoms with Gasteiger partial charge in [-0.25, -0.2) is 0 Å². The quantitative estimate of drug-likeness (QED) is 0.780. The first-order valence-corrected chi connectivity index (χ1v) is 4.35. The van der Waals surface area contributed by atoms with Crippen LogP contribution in [0.5, 0.6) is 5.75 Å². The molecule has 0 radical (unpaired) electrons. The third-order valence-electron chi connectivity index (χ3n) is 1.45. The third kappa shape index (κ3) is 4.66. The highest BCUT2D eigenvalue weighted by Crippen LogP contribution is 2.18. The molecule has 0 bridgehead atoms. The maximum Gasteiger partial charge on any atom is 0.422 e. The van der Waals surface area contributed by atoms with Crippen molar-refractivity contribution in [3.05, 3.63) is 24.0 Å². The summed E-state index contributed by atoms with van der Waals surface area (Å²) in [6.07, 6.45) is -1.75. The second kappa shape index (κ2) is 5.37. The fourth-order valence-corrected chi connectivity index (χ4v) is 0.884. The van der Waals surface area contributed by atoms with Crippen LogP contribution < -0.4 is 10.5 Å². The van der Waals surface area contributed by atoms with Gasteiger partial charge in [0.05, 0.1) is 12.7 Å². The van der Waals surface area contributed by atoms with Crippen LogP contribution in [0.4, 0.5) is 13.2 Å². The third-order valence-corrected chi connectivity index (χ3v) is 1.45. The van der Waals surface area contributed by atoms with Gasteiger partial charge in [-0.2, -0.15) is 13.2 Å². The summed E-state index contributed by atoms with van der Waals surface area (Å²) in [7, 11) is 0. The second-order valence-electron chi connectivity index (χ2n) is 2.82. The lowest BCUT2D eigenvalue weighted by atomic mass is 10.3. The van der Waals surface area contributed by atoms with E-state index in [1.54, 1.807) is 0 Å². The lowest BCUT2D eigenvalue weighted by molar-refractivity contribution is -0.153. The number of nitrogens with two attached hydrogens (primary N) is 1. The summed E-state index contributed by atoms with van der Waals surface area (Å²) >= 11 is 0. The minimum Gasteiger partial charge on any atom is -0.482 e. The van der Waals surface area contributed by atoms with Gasteiger partial charge in [-0.1, -0.05) is 11.8 Å². The highest BCUT2D eigenvalue weighted by atomic mass is 19.4. The molecular weight excluding hydrogens is 221 g/mol. The van der Waals surface area contributed by atoms with Crippen LogP contribution in [0.1, 0.15) is 5.56 Å². The van der Waals surface area contributed by atoms with Crippen LogP contribution in [0.15, 0.2) is 18.5 Å². The predicted octanol–water partition coefficient (Wildman–Crippen LogP) is 1.33. The van der Waals surface area contributed by atoms with Gasteiger partial charge < -0.3 is 10.5 Å². The van der Waals surface area contributed by atoms with E-state index < -0.39 is 12.8 Å². The molecule has 0 amide bonds. The largest absolute Gasteiger partial charge is 0.482 e. The van der Waals surface area contributed by atoms with Crippen LogP contribution in [-0.2, 0) is 0 Å².